The zero-order chi connectivity index (χ0) is 17.5. The van der Waals surface area contributed by atoms with Gasteiger partial charge in [-0.3, -0.25) is 0 Å². The number of aromatic carboxylic acids is 1. The first-order valence-corrected chi connectivity index (χ1v) is 6.77. The fraction of sp³-hybridized carbons (Fsp3) is 0.0588. The van der Waals surface area contributed by atoms with Gasteiger partial charge in [0.25, 0.3) is 0 Å². The van der Waals surface area contributed by atoms with Crippen LogP contribution in [0, 0.1) is 5.82 Å². The van der Waals surface area contributed by atoms with Gasteiger partial charge in [0.2, 0.25) is 0 Å². The highest BCUT2D eigenvalue weighted by Crippen LogP contribution is 2.32. The lowest BCUT2D eigenvalue weighted by Crippen LogP contribution is -2.05. The fourth-order valence-corrected chi connectivity index (χ4v) is 2.38. The van der Waals surface area contributed by atoms with Gasteiger partial charge in [0.1, 0.15) is 5.82 Å². The summed E-state index contributed by atoms with van der Waals surface area (Å²) in [6.45, 7) is 0. The van der Waals surface area contributed by atoms with Crippen molar-refractivity contribution in [3.63, 3.8) is 0 Å². The van der Waals surface area contributed by atoms with Gasteiger partial charge in [-0.2, -0.15) is 13.2 Å². The number of rotatable bonds is 2. The first-order valence-electron chi connectivity index (χ1n) is 6.77. The van der Waals surface area contributed by atoms with Crippen LogP contribution < -0.4 is 0 Å². The lowest BCUT2D eigenvalue weighted by molar-refractivity contribution is -0.137. The van der Waals surface area contributed by atoms with Crippen LogP contribution >= 0.6 is 0 Å². The number of hydrogen-bond acceptors (Lipinski definition) is 2. The number of carboxylic acid groups (broad SMARTS) is 1. The number of fused-ring (bicyclic) bond motifs is 1. The minimum Gasteiger partial charge on any atom is -0.478 e. The predicted octanol–water partition coefficient (Wildman–Crippen LogP) is 4.76. The lowest BCUT2D eigenvalue weighted by atomic mass is 10.0. The lowest BCUT2D eigenvalue weighted by Gasteiger charge is -2.10. The molecule has 3 rings (SSSR count). The van der Waals surface area contributed by atoms with Crippen molar-refractivity contribution >= 4 is 16.9 Å². The van der Waals surface area contributed by atoms with E-state index in [1.165, 1.54) is 18.2 Å². The van der Waals surface area contributed by atoms with E-state index in [1.807, 2.05) is 0 Å². The highest BCUT2D eigenvalue weighted by molar-refractivity contribution is 6.03. The Morgan fingerprint density at radius 3 is 2.46 bits per heavy atom. The Balaban J connectivity index is 2.24. The number of benzene rings is 2. The van der Waals surface area contributed by atoms with Crippen molar-refractivity contribution in [1.29, 1.82) is 0 Å². The summed E-state index contributed by atoms with van der Waals surface area (Å²) in [6, 6.07) is 8.99. The first kappa shape index (κ1) is 15.9. The number of aromatic nitrogens is 1. The van der Waals surface area contributed by atoms with E-state index in [-0.39, 0.29) is 27.7 Å². The Morgan fingerprint density at radius 2 is 1.79 bits per heavy atom. The first-order chi connectivity index (χ1) is 11.3. The van der Waals surface area contributed by atoms with Crippen molar-refractivity contribution in [2.45, 2.75) is 6.18 Å². The largest absolute Gasteiger partial charge is 0.478 e. The third-order valence-corrected chi connectivity index (χ3v) is 3.49. The molecule has 2 aromatic carbocycles. The zero-order valence-electron chi connectivity index (χ0n) is 11.9. The standard InChI is InChI=1S/C17H9F4NO2/c18-11-4-5-14-12(7-11)13(16(23)24)8-15(22-14)9-2-1-3-10(6-9)17(19,20)21/h1-8H,(H,23,24). The Morgan fingerprint density at radius 1 is 1.04 bits per heavy atom. The van der Waals surface area contributed by atoms with Gasteiger partial charge >= 0.3 is 12.1 Å². The molecule has 7 heteroatoms. The van der Waals surface area contributed by atoms with Gasteiger partial charge in [0.05, 0.1) is 22.3 Å². The molecule has 0 atom stereocenters. The molecule has 122 valence electrons. The van der Waals surface area contributed by atoms with Crippen molar-refractivity contribution in [3.05, 3.63) is 65.5 Å². The zero-order valence-corrected chi connectivity index (χ0v) is 11.9. The van der Waals surface area contributed by atoms with E-state index >= 15 is 0 Å². The Bertz CT molecular complexity index is 951. The van der Waals surface area contributed by atoms with Crippen LogP contribution in [0.2, 0.25) is 0 Å². The molecule has 0 aliphatic heterocycles. The molecule has 1 N–H and O–H groups in total. The fourth-order valence-electron chi connectivity index (χ4n) is 2.38. The Kier molecular flexibility index (Phi) is 3.71. The van der Waals surface area contributed by atoms with E-state index in [0.29, 0.717) is 0 Å². The summed E-state index contributed by atoms with van der Waals surface area (Å²) in [5.41, 5.74) is -0.718. The molecule has 0 spiro atoms. The summed E-state index contributed by atoms with van der Waals surface area (Å²) in [7, 11) is 0. The molecular formula is C17H9F4NO2. The van der Waals surface area contributed by atoms with Crippen LogP contribution in [0.1, 0.15) is 15.9 Å². The van der Waals surface area contributed by atoms with Crippen LogP contribution in [0.5, 0.6) is 0 Å². The Hall–Kier alpha value is -2.96. The number of nitrogens with zero attached hydrogens (tertiary/aromatic N) is 1. The predicted molar refractivity (Wildman–Crippen MR) is 79.1 cm³/mol. The summed E-state index contributed by atoms with van der Waals surface area (Å²) in [5, 5.41) is 9.38. The number of halogens is 4. The van der Waals surface area contributed by atoms with Crippen molar-refractivity contribution in [2.24, 2.45) is 0 Å². The summed E-state index contributed by atoms with van der Waals surface area (Å²) in [6.07, 6.45) is -4.52. The molecule has 0 unspecified atom stereocenters. The maximum atomic E-state index is 13.3. The number of pyridine rings is 1. The molecule has 0 aliphatic carbocycles. The van der Waals surface area contributed by atoms with Crippen LogP contribution in [-0.4, -0.2) is 16.1 Å². The average Bonchev–Trinajstić information content (AvgIpc) is 2.53. The molecule has 0 aliphatic rings. The minimum atomic E-state index is -4.52. The second-order valence-electron chi connectivity index (χ2n) is 5.10. The highest BCUT2D eigenvalue weighted by Gasteiger charge is 2.30. The van der Waals surface area contributed by atoms with Gasteiger partial charge in [0.15, 0.2) is 0 Å². The van der Waals surface area contributed by atoms with Crippen molar-refractivity contribution in [3.8, 4) is 11.3 Å². The van der Waals surface area contributed by atoms with Crippen LogP contribution in [-0.2, 0) is 6.18 Å². The molecule has 0 saturated carbocycles. The van der Waals surface area contributed by atoms with Gasteiger partial charge in [-0.15, -0.1) is 0 Å². The molecular weight excluding hydrogens is 326 g/mol. The minimum absolute atomic E-state index is 0.0672. The molecule has 0 fully saturated rings. The van der Waals surface area contributed by atoms with Crippen molar-refractivity contribution in [1.82, 2.24) is 4.98 Å². The van der Waals surface area contributed by atoms with E-state index in [2.05, 4.69) is 4.98 Å². The topological polar surface area (TPSA) is 50.2 Å². The van der Waals surface area contributed by atoms with Gasteiger partial charge in [-0.25, -0.2) is 14.2 Å². The molecule has 1 aromatic heterocycles. The maximum Gasteiger partial charge on any atom is 0.416 e. The maximum absolute atomic E-state index is 13.3. The van der Waals surface area contributed by atoms with Crippen molar-refractivity contribution < 1.29 is 27.5 Å². The Labute approximate surface area is 133 Å². The second-order valence-corrected chi connectivity index (χ2v) is 5.10. The highest BCUT2D eigenvalue weighted by atomic mass is 19.4. The van der Waals surface area contributed by atoms with E-state index in [0.717, 1.165) is 30.3 Å². The SMILES string of the molecule is O=C(O)c1cc(-c2cccc(C(F)(F)F)c2)nc2ccc(F)cc12. The van der Waals surface area contributed by atoms with Crippen LogP contribution in [0.25, 0.3) is 22.2 Å². The van der Waals surface area contributed by atoms with Crippen LogP contribution in [0.4, 0.5) is 17.6 Å². The third-order valence-electron chi connectivity index (χ3n) is 3.49. The number of carbonyl (C=O) groups is 1. The van der Waals surface area contributed by atoms with Gasteiger partial charge < -0.3 is 5.11 Å². The van der Waals surface area contributed by atoms with Crippen molar-refractivity contribution in [2.75, 3.05) is 0 Å². The summed E-state index contributed by atoms with van der Waals surface area (Å²) in [4.78, 5) is 15.6. The van der Waals surface area contributed by atoms with E-state index < -0.39 is 23.5 Å². The summed E-state index contributed by atoms with van der Waals surface area (Å²) >= 11 is 0. The molecule has 24 heavy (non-hydrogen) atoms. The summed E-state index contributed by atoms with van der Waals surface area (Å²) in [5.74, 6) is -1.94. The van der Waals surface area contributed by atoms with Gasteiger partial charge in [-0.05, 0) is 36.4 Å². The quantitative estimate of drug-likeness (QED) is 0.687. The molecule has 3 nitrogen and oxygen atoms in total. The van der Waals surface area contributed by atoms with E-state index in [4.69, 9.17) is 0 Å². The monoisotopic (exact) mass is 335 g/mol. The molecule has 0 saturated heterocycles. The van der Waals surface area contributed by atoms with Gasteiger partial charge in [0, 0.05) is 10.9 Å². The molecule has 0 bridgehead atoms. The van der Waals surface area contributed by atoms with E-state index in [1.54, 1.807) is 0 Å². The third kappa shape index (κ3) is 2.92. The molecule has 1 heterocycles. The molecule has 0 amide bonds. The molecule has 0 radical (unpaired) electrons. The number of carboxylic acids is 1. The normalized spacial score (nSPS) is 11.7. The van der Waals surface area contributed by atoms with Crippen LogP contribution in [0.3, 0.4) is 0 Å². The molecule has 3 aromatic rings. The summed E-state index contributed by atoms with van der Waals surface area (Å²) < 4.78 is 51.8. The number of alkyl halides is 3. The van der Waals surface area contributed by atoms with Crippen LogP contribution in [0.15, 0.2) is 48.5 Å². The van der Waals surface area contributed by atoms with E-state index in [9.17, 15) is 27.5 Å². The smallest absolute Gasteiger partial charge is 0.416 e. The average molecular weight is 335 g/mol. The number of hydrogen-bond donors (Lipinski definition) is 1. The second kappa shape index (κ2) is 5.59. The van der Waals surface area contributed by atoms with Gasteiger partial charge in [-0.1, -0.05) is 12.1 Å².